The van der Waals surface area contributed by atoms with E-state index in [1.165, 1.54) is 23.8 Å². The van der Waals surface area contributed by atoms with Crippen LogP contribution in [0, 0.1) is 5.92 Å². The van der Waals surface area contributed by atoms with E-state index in [0.29, 0.717) is 12.1 Å². The van der Waals surface area contributed by atoms with Crippen LogP contribution in [0.2, 0.25) is 0 Å². The van der Waals surface area contributed by atoms with Crippen LogP contribution in [0.5, 0.6) is 5.75 Å². The predicted molar refractivity (Wildman–Crippen MR) is 125 cm³/mol. The number of carbonyl (C=O) groups is 1. The number of hydrogen-bond donors (Lipinski definition) is 1. The molecule has 0 unspecified atom stereocenters. The topological polar surface area (TPSA) is 70.8 Å². The maximum absolute atomic E-state index is 13.6. The molecule has 1 N–H and O–H groups in total. The van der Waals surface area contributed by atoms with Crippen molar-refractivity contribution in [3.05, 3.63) is 59.5 Å². The van der Waals surface area contributed by atoms with Crippen molar-refractivity contribution in [1.29, 1.82) is 0 Å². The van der Waals surface area contributed by atoms with Crippen molar-refractivity contribution >= 4 is 16.8 Å². The van der Waals surface area contributed by atoms with E-state index in [4.69, 9.17) is 4.74 Å². The minimum absolute atomic E-state index is 0.0510. The van der Waals surface area contributed by atoms with Crippen molar-refractivity contribution in [3.8, 4) is 5.75 Å². The van der Waals surface area contributed by atoms with Crippen LogP contribution < -0.4 is 4.74 Å². The molecule has 1 saturated heterocycles. The Bertz CT molecular complexity index is 1210. The maximum atomic E-state index is 13.6. The number of amides is 1. The van der Waals surface area contributed by atoms with E-state index < -0.39 is 6.04 Å². The zero-order chi connectivity index (χ0) is 22.7. The molecule has 7 heteroatoms. The van der Waals surface area contributed by atoms with Gasteiger partial charge in [-0.2, -0.15) is 0 Å². The summed E-state index contributed by atoms with van der Waals surface area (Å²) >= 11 is 0. The average molecular weight is 447 g/mol. The lowest BCUT2D eigenvalue weighted by molar-refractivity contribution is -0.00309. The van der Waals surface area contributed by atoms with E-state index in [2.05, 4.69) is 26.6 Å². The van der Waals surface area contributed by atoms with Crippen molar-refractivity contribution < 1.29 is 14.6 Å². The van der Waals surface area contributed by atoms with Crippen LogP contribution in [-0.4, -0.2) is 70.3 Å². The Morgan fingerprint density at radius 1 is 1.18 bits per heavy atom. The minimum Gasteiger partial charge on any atom is -0.497 e. The molecule has 172 valence electrons. The second-order valence-corrected chi connectivity index (χ2v) is 9.96. The van der Waals surface area contributed by atoms with Crippen LogP contribution in [-0.2, 0) is 12.5 Å². The lowest BCUT2D eigenvalue weighted by atomic mass is 9.68. The van der Waals surface area contributed by atoms with E-state index in [1.54, 1.807) is 31.6 Å². The third kappa shape index (κ3) is 3.17. The molecule has 6 rings (SSSR count). The van der Waals surface area contributed by atoms with Gasteiger partial charge in [0.05, 0.1) is 25.3 Å². The molecule has 33 heavy (non-hydrogen) atoms. The van der Waals surface area contributed by atoms with Crippen LogP contribution in [0.15, 0.2) is 42.7 Å². The Hall–Kier alpha value is -2.90. The fourth-order valence-corrected chi connectivity index (χ4v) is 6.09. The number of fused-ring (bicyclic) bond motifs is 4. The van der Waals surface area contributed by atoms with E-state index in [0.717, 1.165) is 42.5 Å². The lowest BCUT2D eigenvalue weighted by Crippen LogP contribution is -2.67. The number of aliphatic hydroxyl groups is 1. The number of benzene rings is 1. The first-order chi connectivity index (χ1) is 16.0. The van der Waals surface area contributed by atoms with Gasteiger partial charge in [0.1, 0.15) is 5.75 Å². The molecule has 1 aromatic carbocycles. The molecule has 0 bridgehead atoms. The normalized spacial score (nSPS) is 21.8. The van der Waals surface area contributed by atoms with Gasteiger partial charge in [0.15, 0.2) is 0 Å². The zero-order valence-electron chi connectivity index (χ0n) is 19.2. The largest absolute Gasteiger partial charge is 0.497 e. The van der Waals surface area contributed by atoms with Gasteiger partial charge in [-0.3, -0.25) is 9.78 Å². The molecule has 0 radical (unpaired) electrons. The Morgan fingerprint density at radius 2 is 1.94 bits per heavy atom. The number of ether oxygens (including phenoxy) is 1. The standard InChI is InChI=1S/C26H30N4O3/c1-28-21-11-19(33-2)5-6-20(21)23-24(28)22(13-31)30(25(32)18-7-9-27-10-8-18)16-26(23)14-29(15-26)12-17-3-4-17/h5-11,17,22,31H,3-4,12-16H2,1-2H3/t22-/m1/s1. The molecule has 1 atom stereocenters. The number of likely N-dealkylation sites (tertiary alicyclic amines) is 1. The number of nitrogens with zero attached hydrogens (tertiary/aromatic N) is 4. The van der Waals surface area contributed by atoms with Gasteiger partial charge >= 0.3 is 0 Å². The van der Waals surface area contributed by atoms with Gasteiger partial charge in [-0.1, -0.05) is 0 Å². The first-order valence-electron chi connectivity index (χ1n) is 11.8. The van der Waals surface area contributed by atoms with Gasteiger partial charge in [0.25, 0.3) is 5.91 Å². The molecule has 2 aliphatic heterocycles. The first kappa shape index (κ1) is 20.7. The first-order valence-corrected chi connectivity index (χ1v) is 11.8. The second kappa shape index (κ2) is 7.57. The summed E-state index contributed by atoms with van der Waals surface area (Å²) < 4.78 is 7.66. The fourth-order valence-electron chi connectivity index (χ4n) is 6.09. The molecule has 2 fully saturated rings. The van der Waals surface area contributed by atoms with Gasteiger partial charge in [-0.25, -0.2) is 0 Å². The van der Waals surface area contributed by atoms with Crippen molar-refractivity contribution in [1.82, 2.24) is 19.4 Å². The van der Waals surface area contributed by atoms with E-state index in [1.807, 2.05) is 18.0 Å². The molecule has 1 saturated carbocycles. The summed E-state index contributed by atoms with van der Waals surface area (Å²) in [7, 11) is 3.72. The molecule has 2 aromatic heterocycles. The highest BCUT2D eigenvalue weighted by atomic mass is 16.5. The number of methoxy groups -OCH3 is 1. The summed E-state index contributed by atoms with van der Waals surface area (Å²) in [6.45, 7) is 3.53. The van der Waals surface area contributed by atoms with Gasteiger partial charge in [0.2, 0.25) is 0 Å². The average Bonchev–Trinajstić information content (AvgIpc) is 3.60. The van der Waals surface area contributed by atoms with E-state index in [-0.39, 0.29) is 17.9 Å². The van der Waals surface area contributed by atoms with Crippen LogP contribution in [0.3, 0.4) is 0 Å². The molecule has 1 aliphatic carbocycles. The summed E-state index contributed by atoms with van der Waals surface area (Å²) in [6, 6.07) is 9.33. The lowest BCUT2D eigenvalue weighted by Gasteiger charge is -2.56. The third-order valence-corrected chi connectivity index (χ3v) is 7.78. The molecule has 7 nitrogen and oxygen atoms in total. The highest BCUT2D eigenvalue weighted by molar-refractivity contribution is 5.96. The number of aryl methyl sites for hydroxylation is 1. The quantitative estimate of drug-likeness (QED) is 0.653. The monoisotopic (exact) mass is 446 g/mol. The van der Waals surface area contributed by atoms with Crippen molar-refractivity contribution in [3.63, 3.8) is 0 Å². The smallest absolute Gasteiger partial charge is 0.254 e. The van der Waals surface area contributed by atoms with E-state index >= 15 is 0 Å². The number of pyridine rings is 1. The van der Waals surface area contributed by atoms with Gasteiger partial charge in [0, 0.05) is 73.7 Å². The Morgan fingerprint density at radius 3 is 2.61 bits per heavy atom. The van der Waals surface area contributed by atoms with Crippen LogP contribution in [0.25, 0.3) is 10.9 Å². The second-order valence-electron chi connectivity index (χ2n) is 9.96. The Balaban J connectivity index is 1.49. The zero-order valence-corrected chi connectivity index (χ0v) is 19.2. The van der Waals surface area contributed by atoms with Crippen LogP contribution in [0.1, 0.15) is 40.5 Å². The van der Waals surface area contributed by atoms with Gasteiger partial charge in [-0.15, -0.1) is 0 Å². The number of carbonyl (C=O) groups excluding carboxylic acids is 1. The molecule has 1 spiro atoms. The third-order valence-electron chi connectivity index (χ3n) is 7.78. The highest BCUT2D eigenvalue weighted by Crippen LogP contribution is 2.50. The van der Waals surface area contributed by atoms with Gasteiger partial charge < -0.3 is 24.2 Å². The molecule has 3 aliphatic rings. The summed E-state index contributed by atoms with van der Waals surface area (Å²) in [4.78, 5) is 22.1. The highest BCUT2D eigenvalue weighted by Gasteiger charge is 2.54. The fraction of sp³-hybridized carbons (Fsp3) is 0.462. The Kier molecular flexibility index (Phi) is 4.74. The molecule has 4 heterocycles. The van der Waals surface area contributed by atoms with Crippen molar-refractivity contribution in [2.75, 3.05) is 39.9 Å². The van der Waals surface area contributed by atoms with Gasteiger partial charge in [-0.05, 0) is 48.6 Å². The summed E-state index contributed by atoms with van der Waals surface area (Å²) in [5.41, 5.74) is 3.90. The summed E-state index contributed by atoms with van der Waals surface area (Å²) in [6.07, 6.45) is 5.97. The predicted octanol–water partition coefficient (Wildman–Crippen LogP) is 2.73. The Labute approximate surface area is 193 Å². The van der Waals surface area contributed by atoms with Crippen LogP contribution in [0.4, 0.5) is 0 Å². The number of hydrogen-bond acceptors (Lipinski definition) is 5. The number of aliphatic hydroxyl groups excluding tert-OH is 1. The molecule has 3 aromatic rings. The SMILES string of the molecule is COc1ccc2c3c(n(C)c2c1)[C@@H](CO)N(C(=O)c1ccncc1)CC31CN(CC2CC2)C1. The molecular weight excluding hydrogens is 416 g/mol. The number of aromatic nitrogens is 2. The van der Waals surface area contributed by atoms with Crippen LogP contribution >= 0.6 is 0 Å². The molecule has 1 amide bonds. The van der Waals surface area contributed by atoms with Crippen molar-refractivity contribution in [2.45, 2.75) is 24.3 Å². The minimum atomic E-state index is -0.396. The summed E-state index contributed by atoms with van der Waals surface area (Å²) in [5.74, 6) is 1.59. The summed E-state index contributed by atoms with van der Waals surface area (Å²) in [5, 5.41) is 11.7. The van der Waals surface area contributed by atoms with E-state index in [9.17, 15) is 9.90 Å². The van der Waals surface area contributed by atoms with Crippen molar-refractivity contribution in [2.24, 2.45) is 13.0 Å². The maximum Gasteiger partial charge on any atom is 0.254 e. The number of rotatable bonds is 5. The molecular formula is C26H30N4O3.